The van der Waals surface area contributed by atoms with Gasteiger partial charge in [-0.1, -0.05) is 18.2 Å². The van der Waals surface area contributed by atoms with Crippen molar-refractivity contribution in [3.05, 3.63) is 35.6 Å². The first-order valence-electron chi connectivity index (χ1n) is 7.41. The molecule has 0 aromatic heterocycles. The Morgan fingerprint density at radius 2 is 1.77 bits per heavy atom. The number of carbonyl (C=O) groups is 2. The molecule has 1 aliphatic heterocycles. The van der Waals surface area contributed by atoms with E-state index in [1.54, 1.807) is 42.1 Å². The first-order chi connectivity index (χ1) is 10.5. The zero-order valence-electron chi connectivity index (χ0n) is 13.1. The van der Waals surface area contributed by atoms with E-state index in [-0.39, 0.29) is 24.1 Å². The standard InChI is InChI=1S/C16H22FN3O2/c1-18(2)16(22)12-19-7-9-20(10-8-19)15(21)11-13-5-3-4-6-14(13)17/h3-6H,7-12H2,1-2H3. The summed E-state index contributed by atoms with van der Waals surface area (Å²) < 4.78 is 13.6. The van der Waals surface area contributed by atoms with Gasteiger partial charge in [0.05, 0.1) is 13.0 Å². The molecule has 2 amide bonds. The molecule has 1 heterocycles. The molecule has 1 aliphatic rings. The molecule has 1 aromatic rings. The fraction of sp³-hybridized carbons (Fsp3) is 0.500. The summed E-state index contributed by atoms with van der Waals surface area (Å²) in [5, 5.41) is 0. The maximum Gasteiger partial charge on any atom is 0.236 e. The second-order valence-corrected chi connectivity index (χ2v) is 5.71. The third kappa shape index (κ3) is 4.27. The maximum absolute atomic E-state index is 13.6. The van der Waals surface area contributed by atoms with Crippen LogP contribution in [0.2, 0.25) is 0 Å². The zero-order valence-corrected chi connectivity index (χ0v) is 13.1. The van der Waals surface area contributed by atoms with E-state index in [1.165, 1.54) is 6.07 Å². The average molecular weight is 307 g/mol. The molecule has 0 bridgehead atoms. The normalized spacial score (nSPS) is 15.7. The van der Waals surface area contributed by atoms with Gasteiger partial charge in [-0.3, -0.25) is 14.5 Å². The van der Waals surface area contributed by atoms with E-state index in [9.17, 15) is 14.0 Å². The van der Waals surface area contributed by atoms with Crippen LogP contribution in [0.15, 0.2) is 24.3 Å². The third-order valence-electron chi connectivity index (χ3n) is 3.88. The summed E-state index contributed by atoms with van der Waals surface area (Å²) in [6, 6.07) is 6.35. The van der Waals surface area contributed by atoms with Crippen LogP contribution in [0.3, 0.4) is 0 Å². The Kier molecular flexibility index (Phi) is 5.49. The highest BCUT2D eigenvalue weighted by atomic mass is 19.1. The average Bonchev–Trinajstić information content (AvgIpc) is 2.50. The molecular weight excluding hydrogens is 285 g/mol. The van der Waals surface area contributed by atoms with E-state index in [0.717, 1.165) is 0 Å². The minimum Gasteiger partial charge on any atom is -0.348 e. The second-order valence-electron chi connectivity index (χ2n) is 5.71. The van der Waals surface area contributed by atoms with Gasteiger partial charge < -0.3 is 9.80 Å². The van der Waals surface area contributed by atoms with E-state index in [1.807, 2.05) is 4.90 Å². The molecule has 22 heavy (non-hydrogen) atoms. The van der Waals surface area contributed by atoms with Crippen molar-refractivity contribution in [2.75, 3.05) is 46.8 Å². The van der Waals surface area contributed by atoms with E-state index in [0.29, 0.717) is 38.3 Å². The van der Waals surface area contributed by atoms with Crippen LogP contribution in [0.5, 0.6) is 0 Å². The highest BCUT2D eigenvalue weighted by Crippen LogP contribution is 2.10. The molecule has 1 saturated heterocycles. The number of nitrogens with zero attached hydrogens (tertiary/aromatic N) is 3. The zero-order chi connectivity index (χ0) is 16.1. The molecule has 6 heteroatoms. The Balaban J connectivity index is 1.83. The lowest BCUT2D eigenvalue weighted by molar-refractivity contribution is -0.133. The summed E-state index contributed by atoms with van der Waals surface area (Å²) in [6.07, 6.45) is 0.0866. The van der Waals surface area contributed by atoms with Crippen molar-refractivity contribution in [1.82, 2.24) is 14.7 Å². The molecule has 0 saturated carbocycles. The summed E-state index contributed by atoms with van der Waals surface area (Å²) in [5.41, 5.74) is 0.428. The highest BCUT2D eigenvalue weighted by molar-refractivity contribution is 5.79. The van der Waals surface area contributed by atoms with E-state index < -0.39 is 0 Å². The van der Waals surface area contributed by atoms with Crippen LogP contribution in [-0.2, 0) is 16.0 Å². The predicted molar refractivity (Wildman–Crippen MR) is 81.8 cm³/mol. The van der Waals surface area contributed by atoms with Crippen molar-refractivity contribution in [2.45, 2.75) is 6.42 Å². The lowest BCUT2D eigenvalue weighted by atomic mass is 10.1. The number of amides is 2. The Morgan fingerprint density at radius 1 is 1.14 bits per heavy atom. The Hall–Kier alpha value is -1.95. The van der Waals surface area contributed by atoms with Gasteiger partial charge in [0, 0.05) is 40.3 Å². The van der Waals surface area contributed by atoms with Gasteiger partial charge >= 0.3 is 0 Å². The number of halogens is 1. The number of benzene rings is 1. The van der Waals surface area contributed by atoms with Crippen LogP contribution in [0.1, 0.15) is 5.56 Å². The van der Waals surface area contributed by atoms with Gasteiger partial charge in [0.25, 0.3) is 0 Å². The molecule has 0 atom stereocenters. The van der Waals surface area contributed by atoms with Gasteiger partial charge in [0.1, 0.15) is 5.82 Å². The fourth-order valence-electron chi connectivity index (χ4n) is 2.40. The number of rotatable bonds is 4. The van der Waals surface area contributed by atoms with Crippen LogP contribution in [0.25, 0.3) is 0 Å². The summed E-state index contributed by atoms with van der Waals surface area (Å²) >= 11 is 0. The predicted octanol–water partition coefficient (Wildman–Crippen LogP) is 0.601. The first kappa shape index (κ1) is 16.4. The van der Waals surface area contributed by atoms with Gasteiger partial charge in [0.15, 0.2) is 0 Å². The van der Waals surface area contributed by atoms with Gasteiger partial charge in [-0.25, -0.2) is 4.39 Å². The molecule has 0 aliphatic carbocycles. The monoisotopic (exact) mass is 307 g/mol. The number of piperazine rings is 1. The Morgan fingerprint density at radius 3 is 2.36 bits per heavy atom. The minimum absolute atomic E-state index is 0.0612. The number of carbonyl (C=O) groups excluding carboxylic acids is 2. The summed E-state index contributed by atoms with van der Waals surface area (Å²) in [4.78, 5) is 29.2. The van der Waals surface area contributed by atoms with Crippen LogP contribution in [0.4, 0.5) is 4.39 Å². The van der Waals surface area contributed by atoms with E-state index in [2.05, 4.69) is 0 Å². The van der Waals surface area contributed by atoms with Crippen LogP contribution >= 0.6 is 0 Å². The molecule has 0 unspecified atom stereocenters. The molecule has 5 nitrogen and oxygen atoms in total. The minimum atomic E-state index is -0.342. The van der Waals surface area contributed by atoms with Crippen molar-refractivity contribution < 1.29 is 14.0 Å². The van der Waals surface area contributed by atoms with Gasteiger partial charge in [0.2, 0.25) is 11.8 Å². The summed E-state index contributed by atoms with van der Waals surface area (Å²) in [5.74, 6) is -0.346. The van der Waals surface area contributed by atoms with E-state index >= 15 is 0 Å². The van der Waals surface area contributed by atoms with Gasteiger partial charge in [-0.15, -0.1) is 0 Å². The van der Waals surface area contributed by atoms with Crippen LogP contribution in [-0.4, -0.2) is 73.3 Å². The third-order valence-corrected chi connectivity index (χ3v) is 3.88. The molecule has 2 rings (SSSR count). The number of hydrogen-bond acceptors (Lipinski definition) is 3. The quantitative estimate of drug-likeness (QED) is 0.818. The number of likely N-dealkylation sites (N-methyl/N-ethyl adjacent to an activating group) is 1. The van der Waals surface area contributed by atoms with Crippen LogP contribution in [0, 0.1) is 5.82 Å². The number of hydrogen-bond donors (Lipinski definition) is 0. The van der Waals surface area contributed by atoms with E-state index in [4.69, 9.17) is 0 Å². The Labute approximate surface area is 130 Å². The molecule has 0 N–H and O–H groups in total. The largest absolute Gasteiger partial charge is 0.348 e. The molecule has 1 fully saturated rings. The molecule has 1 aromatic carbocycles. The van der Waals surface area contributed by atoms with Crippen molar-refractivity contribution in [2.24, 2.45) is 0 Å². The van der Waals surface area contributed by atoms with Gasteiger partial charge in [-0.2, -0.15) is 0 Å². The topological polar surface area (TPSA) is 43.9 Å². The molecule has 120 valence electrons. The second kappa shape index (κ2) is 7.35. The van der Waals surface area contributed by atoms with Gasteiger partial charge in [-0.05, 0) is 11.6 Å². The maximum atomic E-state index is 13.6. The molecule has 0 radical (unpaired) electrons. The lowest BCUT2D eigenvalue weighted by Crippen LogP contribution is -2.51. The molecular formula is C16H22FN3O2. The van der Waals surface area contributed by atoms with Crippen molar-refractivity contribution in [3.63, 3.8) is 0 Å². The fourth-order valence-corrected chi connectivity index (χ4v) is 2.40. The first-order valence-corrected chi connectivity index (χ1v) is 7.41. The van der Waals surface area contributed by atoms with Crippen molar-refractivity contribution in [3.8, 4) is 0 Å². The van der Waals surface area contributed by atoms with Crippen LogP contribution < -0.4 is 0 Å². The summed E-state index contributed by atoms with van der Waals surface area (Å²) in [6.45, 7) is 2.87. The lowest BCUT2D eigenvalue weighted by Gasteiger charge is -2.34. The summed E-state index contributed by atoms with van der Waals surface area (Å²) in [7, 11) is 3.47. The Bertz CT molecular complexity index is 540. The SMILES string of the molecule is CN(C)C(=O)CN1CCN(C(=O)Cc2ccccc2F)CC1. The highest BCUT2D eigenvalue weighted by Gasteiger charge is 2.23. The van der Waals surface area contributed by atoms with Crippen molar-refractivity contribution in [1.29, 1.82) is 0 Å². The smallest absolute Gasteiger partial charge is 0.236 e. The molecule has 0 spiro atoms. The van der Waals surface area contributed by atoms with Crippen molar-refractivity contribution >= 4 is 11.8 Å².